The van der Waals surface area contributed by atoms with Crippen molar-refractivity contribution < 1.29 is 4.74 Å². The van der Waals surface area contributed by atoms with E-state index in [4.69, 9.17) is 22.1 Å². The van der Waals surface area contributed by atoms with Crippen molar-refractivity contribution in [3.63, 3.8) is 0 Å². The molecule has 0 aliphatic carbocycles. The Morgan fingerprint density at radius 1 is 1.32 bits per heavy atom. The van der Waals surface area contributed by atoms with Crippen LogP contribution in [0.25, 0.3) is 0 Å². The average Bonchev–Trinajstić information content (AvgIpc) is 3.13. The number of ether oxygens (including phenoxy) is 1. The van der Waals surface area contributed by atoms with Gasteiger partial charge in [0.15, 0.2) is 11.1 Å². The number of aliphatic imine (C=N–C) groups is 1. The highest BCUT2D eigenvalue weighted by molar-refractivity contribution is 14.0. The average molecular weight is 494 g/mol. The minimum atomic E-state index is 0. The van der Waals surface area contributed by atoms with E-state index in [1.54, 1.807) is 17.4 Å². The van der Waals surface area contributed by atoms with E-state index in [1.807, 2.05) is 29.8 Å². The van der Waals surface area contributed by atoms with Gasteiger partial charge in [0.25, 0.3) is 0 Å². The van der Waals surface area contributed by atoms with Gasteiger partial charge >= 0.3 is 0 Å². The molecule has 0 radical (unpaired) electrons. The van der Waals surface area contributed by atoms with Gasteiger partial charge in [-0.2, -0.15) is 0 Å². The van der Waals surface area contributed by atoms with Gasteiger partial charge in [-0.15, -0.1) is 35.3 Å². The Hall–Kier alpha value is -1.26. The third kappa shape index (κ3) is 5.89. The number of piperazine rings is 1. The Labute approximate surface area is 173 Å². The van der Waals surface area contributed by atoms with Crippen LogP contribution in [0.1, 0.15) is 0 Å². The summed E-state index contributed by atoms with van der Waals surface area (Å²) >= 11 is 7.58. The van der Waals surface area contributed by atoms with Crippen LogP contribution >= 0.6 is 46.9 Å². The van der Waals surface area contributed by atoms with Crippen LogP contribution in [0.5, 0.6) is 5.75 Å². The highest BCUT2D eigenvalue weighted by Gasteiger charge is 2.19. The second-order valence-corrected chi connectivity index (χ2v) is 6.64. The van der Waals surface area contributed by atoms with Crippen molar-refractivity contribution in [2.75, 3.05) is 44.2 Å². The van der Waals surface area contributed by atoms with E-state index in [9.17, 15) is 0 Å². The normalized spacial score (nSPS) is 15.0. The minimum Gasteiger partial charge on any atom is -0.492 e. The van der Waals surface area contributed by atoms with Crippen LogP contribution in [0.2, 0.25) is 5.02 Å². The van der Waals surface area contributed by atoms with Gasteiger partial charge < -0.3 is 20.3 Å². The number of thiazole rings is 1. The van der Waals surface area contributed by atoms with Crippen LogP contribution in [0.15, 0.2) is 40.8 Å². The van der Waals surface area contributed by atoms with Crippen LogP contribution in [0.3, 0.4) is 0 Å². The molecule has 0 saturated carbocycles. The minimum absolute atomic E-state index is 0. The van der Waals surface area contributed by atoms with Gasteiger partial charge in [-0.3, -0.25) is 0 Å². The molecule has 0 spiro atoms. The molecule has 0 amide bonds. The van der Waals surface area contributed by atoms with Crippen molar-refractivity contribution in [1.29, 1.82) is 0 Å². The topological polar surface area (TPSA) is 67.0 Å². The van der Waals surface area contributed by atoms with Gasteiger partial charge in [0, 0.05) is 42.8 Å². The van der Waals surface area contributed by atoms with E-state index in [0.717, 1.165) is 37.1 Å². The summed E-state index contributed by atoms with van der Waals surface area (Å²) in [5, 5.41) is 3.73. The molecule has 0 unspecified atom stereocenters. The summed E-state index contributed by atoms with van der Waals surface area (Å²) in [7, 11) is 0. The SMILES string of the molecule is I.NC(=NCCOc1cccc(Cl)c1)N1CCN(c2nccs2)CC1. The van der Waals surface area contributed by atoms with Crippen molar-refractivity contribution in [2.45, 2.75) is 0 Å². The van der Waals surface area contributed by atoms with E-state index in [1.165, 1.54) is 0 Å². The van der Waals surface area contributed by atoms with E-state index >= 15 is 0 Å². The van der Waals surface area contributed by atoms with Gasteiger partial charge in [0.05, 0.1) is 6.54 Å². The van der Waals surface area contributed by atoms with Gasteiger partial charge in [-0.05, 0) is 18.2 Å². The number of rotatable bonds is 5. The van der Waals surface area contributed by atoms with Gasteiger partial charge in [0.2, 0.25) is 0 Å². The van der Waals surface area contributed by atoms with Gasteiger partial charge in [-0.25, -0.2) is 9.98 Å². The van der Waals surface area contributed by atoms with Crippen molar-refractivity contribution in [1.82, 2.24) is 9.88 Å². The summed E-state index contributed by atoms with van der Waals surface area (Å²) in [5.41, 5.74) is 6.08. The first kappa shape index (κ1) is 20.1. The lowest BCUT2D eigenvalue weighted by Crippen LogP contribution is -2.51. The fourth-order valence-corrected chi connectivity index (χ4v) is 3.36. The zero-order valence-corrected chi connectivity index (χ0v) is 17.6. The molecule has 1 fully saturated rings. The second-order valence-electron chi connectivity index (χ2n) is 5.33. The monoisotopic (exact) mass is 493 g/mol. The standard InChI is InChI=1S/C16H20ClN5OS.HI/c17-13-2-1-3-14(12-13)23-10-4-19-15(18)21-6-8-22(9-7-21)16-20-5-11-24-16;/h1-3,5,11-12H,4,6-10H2,(H2,18,19);1H. The Kier molecular flexibility index (Phi) is 8.04. The lowest BCUT2D eigenvalue weighted by Gasteiger charge is -2.35. The molecule has 0 atom stereocenters. The van der Waals surface area contributed by atoms with Crippen LogP contribution in [-0.2, 0) is 0 Å². The predicted octanol–water partition coefficient (Wildman–Crippen LogP) is 2.93. The van der Waals surface area contributed by atoms with Crippen molar-refractivity contribution in [3.8, 4) is 5.75 Å². The molecule has 9 heteroatoms. The number of halogens is 2. The summed E-state index contributed by atoms with van der Waals surface area (Å²) in [4.78, 5) is 13.1. The van der Waals surface area contributed by atoms with Crippen molar-refractivity contribution >= 4 is 58.0 Å². The Bertz CT molecular complexity index is 677. The van der Waals surface area contributed by atoms with Crippen molar-refractivity contribution in [2.24, 2.45) is 10.7 Å². The Balaban J connectivity index is 0.00000225. The Morgan fingerprint density at radius 3 is 2.80 bits per heavy atom. The fraction of sp³-hybridized carbons (Fsp3) is 0.375. The molecule has 25 heavy (non-hydrogen) atoms. The molecule has 2 N–H and O–H groups in total. The highest BCUT2D eigenvalue weighted by atomic mass is 127. The number of hydrogen-bond acceptors (Lipinski definition) is 5. The van der Waals surface area contributed by atoms with E-state index < -0.39 is 0 Å². The molecule has 1 aromatic heterocycles. The maximum atomic E-state index is 6.08. The van der Waals surface area contributed by atoms with Gasteiger partial charge in [0.1, 0.15) is 12.4 Å². The maximum absolute atomic E-state index is 6.08. The summed E-state index contributed by atoms with van der Waals surface area (Å²) < 4.78 is 5.61. The number of nitrogens with zero attached hydrogens (tertiary/aromatic N) is 4. The first-order chi connectivity index (χ1) is 11.7. The summed E-state index contributed by atoms with van der Waals surface area (Å²) in [6.45, 7) is 4.50. The van der Waals surface area contributed by atoms with Crippen LogP contribution < -0.4 is 15.4 Å². The van der Waals surface area contributed by atoms with E-state index in [-0.39, 0.29) is 24.0 Å². The second kappa shape index (κ2) is 10.0. The number of benzene rings is 1. The first-order valence-corrected chi connectivity index (χ1v) is 9.06. The number of aromatic nitrogens is 1. The molecule has 2 heterocycles. The highest BCUT2D eigenvalue weighted by Crippen LogP contribution is 2.19. The lowest BCUT2D eigenvalue weighted by atomic mass is 10.3. The van der Waals surface area contributed by atoms with Crippen LogP contribution in [0, 0.1) is 0 Å². The smallest absolute Gasteiger partial charge is 0.191 e. The van der Waals surface area contributed by atoms with E-state index in [0.29, 0.717) is 24.1 Å². The summed E-state index contributed by atoms with van der Waals surface area (Å²) in [5.74, 6) is 1.32. The summed E-state index contributed by atoms with van der Waals surface area (Å²) in [6, 6.07) is 7.33. The third-order valence-corrected chi connectivity index (χ3v) is 4.79. The molecular weight excluding hydrogens is 473 g/mol. The predicted molar refractivity (Wildman–Crippen MR) is 115 cm³/mol. The zero-order valence-electron chi connectivity index (χ0n) is 13.7. The molecular formula is C16H21ClIN5OS. The molecule has 0 bridgehead atoms. The number of anilines is 1. The van der Waals surface area contributed by atoms with Gasteiger partial charge in [-0.1, -0.05) is 17.7 Å². The molecule has 1 aliphatic rings. The summed E-state index contributed by atoms with van der Waals surface area (Å²) in [6.07, 6.45) is 1.84. The number of nitrogens with two attached hydrogens (primary N) is 1. The number of hydrogen-bond donors (Lipinski definition) is 1. The quantitative estimate of drug-likeness (QED) is 0.300. The molecule has 136 valence electrons. The molecule has 6 nitrogen and oxygen atoms in total. The number of guanidine groups is 1. The van der Waals surface area contributed by atoms with Crippen molar-refractivity contribution in [3.05, 3.63) is 40.9 Å². The molecule has 1 saturated heterocycles. The fourth-order valence-electron chi connectivity index (χ4n) is 2.48. The first-order valence-electron chi connectivity index (χ1n) is 7.80. The third-order valence-electron chi connectivity index (χ3n) is 3.72. The molecule has 2 aromatic rings. The van der Waals surface area contributed by atoms with Crippen LogP contribution in [-0.4, -0.2) is 55.2 Å². The lowest BCUT2D eigenvalue weighted by molar-refractivity contribution is 0.326. The molecule has 1 aromatic carbocycles. The Morgan fingerprint density at radius 2 is 2.12 bits per heavy atom. The van der Waals surface area contributed by atoms with Crippen LogP contribution in [0.4, 0.5) is 5.13 Å². The molecule has 1 aliphatic heterocycles. The maximum Gasteiger partial charge on any atom is 0.191 e. The zero-order chi connectivity index (χ0) is 16.8. The largest absolute Gasteiger partial charge is 0.492 e. The van der Waals surface area contributed by atoms with E-state index in [2.05, 4.69) is 19.8 Å². The molecule has 3 rings (SSSR count).